The SMILES string of the molecule is Cc1cc(C(=O)Nc2ncccc2Br)ccc1O. The topological polar surface area (TPSA) is 62.2 Å². The monoisotopic (exact) mass is 306 g/mol. The van der Waals surface area contributed by atoms with Crippen LogP contribution >= 0.6 is 15.9 Å². The van der Waals surface area contributed by atoms with Crippen LogP contribution in [-0.4, -0.2) is 16.0 Å². The summed E-state index contributed by atoms with van der Waals surface area (Å²) in [5.41, 5.74) is 1.13. The van der Waals surface area contributed by atoms with Gasteiger partial charge in [0.05, 0.1) is 4.47 Å². The molecule has 0 unspecified atom stereocenters. The van der Waals surface area contributed by atoms with Gasteiger partial charge in [0.2, 0.25) is 0 Å². The molecule has 0 aliphatic carbocycles. The van der Waals surface area contributed by atoms with E-state index >= 15 is 0 Å². The number of nitrogens with zero attached hydrogens (tertiary/aromatic N) is 1. The van der Waals surface area contributed by atoms with Crippen LogP contribution in [0.3, 0.4) is 0 Å². The molecule has 1 aromatic heterocycles. The van der Waals surface area contributed by atoms with Crippen LogP contribution in [-0.2, 0) is 0 Å². The highest BCUT2D eigenvalue weighted by atomic mass is 79.9. The van der Waals surface area contributed by atoms with Gasteiger partial charge in [0.15, 0.2) is 0 Å². The largest absolute Gasteiger partial charge is 0.508 e. The zero-order chi connectivity index (χ0) is 13.1. The number of aromatic nitrogens is 1. The van der Waals surface area contributed by atoms with E-state index in [1.165, 1.54) is 6.07 Å². The Bertz CT molecular complexity index is 599. The van der Waals surface area contributed by atoms with Crippen LogP contribution in [0.5, 0.6) is 5.75 Å². The van der Waals surface area contributed by atoms with E-state index in [0.717, 1.165) is 0 Å². The molecule has 2 aromatic rings. The number of aryl methyl sites for hydroxylation is 1. The zero-order valence-electron chi connectivity index (χ0n) is 9.64. The summed E-state index contributed by atoms with van der Waals surface area (Å²) >= 11 is 3.31. The lowest BCUT2D eigenvalue weighted by molar-refractivity contribution is 0.102. The number of carbonyl (C=O) groups excluding carboxylic acids is 1. The second-order valence-electron chi connectivity index (χ2n) is 3.79. The van der Waals surface area contributed by atoms with E-state index in [0.29, 0.717) is 21.4 Å². The molecule has 2 N–H and O–H groups in total. The van der Waals surface area contributed by atoms with Crippen molar-refractivity contribution in [1.82, 2.24) is 4.98 Å². The molecule has 1 heterocycles. The minimum absolute atomic E-state index is 0.172. The molecule has 1 amide bonds. The maximum atomic E-state index is 12.0. The van der Waals surface area contributed by atoms with E-state index in [9.17, 15) is 9.90 Å². The summed E-state index contributed by atoms with van der Waals surface area (Å²) in [6, 6.07) is 8.25. The van der Waals surface area contributed by atoms with Crippen LogP contribution < -0.4 is 5.32 Å². The molecule has 2 rings (SSSR count). The van der Waals surface area contributed by atoms with Crippen molar-refractivity contribution in [1.29, 1.82) is 0 Å². The van der Waals surface area contributed by atoms with E-state index in [-0.39, 0.29) is 11.7 Å². The fraction of sp³-hybridized carbons (Fsp3) is 0.0769. The number of phenolic OH excluding ortho intramolecular Hbond substituents is 1. The van der Waals surface area contributed by atoms with Crippen LogP contribution in [0.25, 0.3) is 0 Å². The molecule has 92 valence electrons. The van der Waals surface area contributed by atoms with Crippen molar-refractivity contribution >= 4 is 27.7 Å². The minimum Gasteiger partial charge on any atom is -0.508 e. The van der Waals surface area contributed by atoms with Crippen molar-refractivity contribution in [3.05, 3.63) is 52.1 Å². The average molecular weight is 307 g/mol. The molecule has 0 aliphatic rings. The van der Waals surface area contributed by atoms with Crippen molar-refractivity contribution in [2.24, 2.45) is 0 Å². The average Bonchev–Trinajstić information content (AvgIpc) is 2.35. The van der Waals surface area contributed by atoms with Crippen molar-refractivity contribution in [3.8, 4) is 5.75 Å². The molecule has 4 nitrogen and oxygen atoms in total. The summed E-state index contributed by atoms with van der Waals surface area (Å²) in [6.07, 6.45) is 1.60. The fourth-order valence-corrected chi connectivity index (χ4v) is 1.81. The molecule has 0 aliphatic heterocycles. The third-order valence-corrected chi connectivity index (χ3v) is 3.09. The first-order chi connectivity index (χ1) is 8.58. The Morgan fingerprint density at radius 1 is 1.39 bits per heavy atom. The Kier molecular flexibility index (Phi) is 3.62. The number of aromatic hydroxyl groups is 1. The Morgan fingerprint density at radius 2 is 2.17 bits per heavy atom. The van der Waals surface area contributed by atoms with Crippen LogP contribution in [0.2, 0.25) is 0 Å². The molecule has 18 heavy (non-hydrogen) atoms. The van der Waals surface area contributed by atoms with Gasteiger partial charge < -0.3 is 10.4 Å². The number of nitrogens with one attached hydrogen (secondary N) is 1. The van der Waals surface area contributed by atoms with Gasteiger partial charge in [-0.05, 0) is 58.7 Å². The fourth-order valence-electron chi connectivity index (χ4n) is 1.45. The summed E-state index contributed by atoms with van der Waals surface area (Å²) in [5, 5.41) is 12.1. The lowest BCUT2D eigenvalue weighted by Crippen LogP contribution is -2.13. The van der Waals surface area contributed by atoms with Gasteiger partial charge in [0.25, 0.3) is 5.91 Å². The van der Waals surface area contributed by atoms with Gasteiger partial charge in [-0.3, -0.25) is 4.79 Å². The smallest absolute Gasteiger partial charge is 0.256 e. The maximum Gasteiger partial charge on any atom is 0.256 e. The van der Waals surface area contributed by atoms with Gasteiger partial charge in [-0.1, -0.05) is 0 Å². The highest BCUT2D eigenvalue weighted by Crippen LogP contribution is 2.21. The highest BCUT2D eigenvalue weighted by Gasteiger charge is 2.10. The van der Waals surface area contributed by atoms with E-state index in [2.05, 4.69) is 26.2 Å². The molecule has 0 saturated carbocycles. The van der Waals surface area contributed by atoms with Gasteiger partial charge in [-0.15, -0.1) is 0 Å². The van der Waals surface area contributed by atoms with E-state index in [1.54, 1.807) is 37.4 Å². The number of phenols is 1. The van der Waals surface area contributed by atoms with E-state index in [4.69, 9.17) is 0 Å². The first-order valence-corrected chi connectivity index (χ1v) is 6.08. The maximum absolute atomic E-state index is 12.0. The number of pyridine rings is 1. The number of anilines is 1. The molecule has 0 saturated heterocycles. The quantitative estimate of drug-likeness (QED) is 0.896. The Labute approximate surface area is 113 Å². The van der Waals surface area contributed by atoms with Crippen LogP contribution in [0.1, 0.15) is 15.9 Å². The number of hydrogen-bond acceptors (Lipinski definition) is 3. The molecular weight excluding hydrogens is 296 g/mol. The molecule has 1 aromatic carbocycles. The predicted molar refractivity (Wildman–Crippen MR) is 72.7 cm³/mol. The molecular formula is C13H11BrN2O2. The Balaban J connectivity index is 2.22. The number of carbonyl (C=O) groups is 1. The van der Waals surface area contributed by atoms with E-state index in [1.807, 2.05) is 0 Å². The minimum atomic E-state index is -0.266. The second-order valence-corrected chi connectivity index (χ2v) is 4.64. The third kappa shape index (κ3) is 2.68. The summed E-state index contributed by atoms with van der Waals surface area (Å²) in [6.45, 7) is 1.74. The third-order valence-electron chi connectivity index (χ3n) is 2.45. The first kappa shape index (κ1) is 12.6. The van der Waals surface area contributed by atoms with Crippen molar-refractivity contribution in [2.75, 3.05) is 5.32 Å². The van der Waals surface area contributed by atoms with Crippen molar-refractivity contribution < 1.29 is 9.90 Å². The van der Waals surface area contributed by atoms with Crippen molar-refractivity contribution in [3.63, 3.8) is 0 Å². The molecule has 0 atom stereocenters. The Hall–Kier alpha value is -1.88. The lowest BCUT2D eigenvalue weighted by atomic mass is 10.1. The molecule has 0 fully saturated rings. The van der Waals surface area contributed by atoms with Gasteiger partial charge in [0, 0.05) is 11.8 Å². The van der Waals surface area contributed by atoms with Crippen LogP contribution in [0.4, 0.5) is 5.82 Å². The second kappa shape index (κ2) is 5.18. The van der Waals surface area contributed by atoms with Crippen LogP contribution in [0.15, 0.2) is 41.0 Å². The molecule has 5 heteroatoms. The van der Waals surface area contributed by atoms with Gasteiger partial charge in [-0.25, -0.2) is 4.98 Å². The number of rotatable bonds is 2. The number of hydrogen-bond donors (Lipinski definition) is 2. The normalized spacial score (nSPS) is 10.1. The number of amides is 1. The zero-order valence-corrected chi connectivity index (χ0v) is 11.2. The van der Waals surface area contributed by atoms with Crippen LogP contribution in [0, 0.1) is 6.92 Å². The summed E-state index contributed by atoms with van der Waals surface area (Å²) < 4.78 is 0.717. The summed E-state index contributed by atoms with van der Waals surface area (Å²) in [4.78, 5) is 16.0. The first-order valence-electron chi connectivity index (χ1n) is 5.29. The number of benzene rings is 1. The molecule has 0 bridgehead atoms. The van der Waals surface area contributed by atoms with Crippen molar-refractivity contribution in [2.45, 2.75) is 6.92 Å². The highest BCUT2D eigenvalue weighted by molar-refractivity contribution is 9.10. The number of halogens is 1. The molecule has 0 radical (unpaired) electrons. The van der Waals surface area contributed by atoms with Gasteiger partial charge >= 0.3 is 0 Å². The predicted octanol–water partition coefficient (Wildman–Crippen LogP) is 3.11. The lowest BCUT2D eigenvalue weighted by Gasteiger charge is -2.07. The van der Waals surface area contributed by atoms with Gasteiger partial charge in [-0.2, -0.15) is 0 Å². The summed E-state index contributed by atoms with van der Waals surface area (Å²) in [5.74, 6) is 0.372. The standard InChI is InChI=1S/C13H11BrN2O2/c1-8-7-9(4-5-11(8)17)13(18)16-12-10(14)3-2-6-15-12/h2-7,17H,1H3,(H,15,16,18). The summed E-state index contributed by atoms with van der Waals surface area (Å²) in [7, 11) is 0. The molecule has 0 spiro atoms. The van der Waals surface area contributed by atoms with E-state index < -0.39 is 0 Å². The Morgan fingerprint density at radius 3 is 2.83 bits per heavy atom. The van der Waals surface area contributed by atoms with Gasteiger partial charge in [0.1, 0.15) is 11.6 Å².